The number of rotatable bonds is 5. The van der Waals surface area contributed by atoms with E-state index in [0.29, 0.717) is 24.1 Å². The monoisotopic (exact) mass is 556 g/mol. The van der Waals surface area contributed by atoms with Crippen LogP contribution in [0, 0.1) is 6.92 Å². The van der Waals surface area contributed by atoms with Gasteiger partial charge in [-0.3, -0.25) is 0 Å². The predicted octanol–water partition coefficient (Wildman–Crippen LogP) is 6.79. The number of phenolic OH excluding ortho intramolecular Hbond substituents is 2. The van der Waals surface area contributed by atoms with Crippen molar-refractivity contribution in [3.05, 3.63) is 114 Å². The van der Waals surface area contributed by atoms with Gasteiger partial charge in [0.2, 0.25) is 0 Å². The third-order valence-electron chi connectivity index (χ3n) is 7.38. The highest BCUT2D eigenvalue weighted by atomic mass is 16.5. The summed E-state index contributed by atoms with van der Waals surface area (Å²) >= 11 is 0. The first-order valence-electron chi connectivity index (χ1n) is 13.7. The zero-order valence-electron chi connectivity index (χ0n) is 23.1. The van der Waals surface area contributed by atoms with Gasteiger partial charge in [0, 0.05) is 11.3 Å². The van der Waals surface area contributed by atoms with E-state index in [0.717, 1.165) is 45.3 Å². The second kappa shape index (κ2) is 10.1. The van der Waals surface area contributed by atoms with E-state index in [1.807, 2.05) is 103 Å². The fourth-order valence-electron chi connectivity index (χ4n) is 5.51. The molecule has 7 rings (SSSR count). The average Bonchev–Trinajstić information content (AvgIpc) is 3.35. The summed E-state index contributed by atoms with van der Waals surface area (Å²) in [4.78, 5) is 12.3. The fourth-order valence-corrected chi connectivity index (χ4v) is 5.51. The topological polar surface area (TPSA) is 108 Å². The lowest BCUT2D eigenvalue weighted by molar-refractivity contribution is 0.340. The van der Waals surface area contributed by atoms with Crippen molar-refractivity contribution in [2.75, 3.05) is 16.8 Å². The summed E-state index contributed by atoms with van der Waals surface area (Å²) in [7, 11) is 0. The first kappa shape index (κ1) is 25.4. The Labute approximate surface area is 242 Å². The number of phenols is 2. The molecule has 0 aliphatic carbocycles. The molecule has 0 fully saturated rings. The van der Waals surface area contributed by atoms with Gasteiger partial charge in [0.25, 0.3) is 0 Å². The van der Waals surface area contributed by atoms with Crippen molar-refractivity contribution in [1.82, 2.24) is 9.78 Å². The SMILES string of the molecule is CCOc1ccc(NC2=Nc3ccccc3N3C2=Nc2c(c(C)nn2-c2ccccc2)[C@@H]3c2ccc(O)c(O)c2)cc1. The molecule has 3 N–H and O–H groups in total. The number of benzene rings is 4. The maximum atomic E-state index is 10.6. The third kappa shape index (κ3) is 4.23. The number of hydrogen-bond acceptors (Lipinski definition) is 8. The number of aliphatic imine (C=N–C) groups is 2. The lowest BCUT2D eigenvalue weighted by Crippen LogP contribution is -2.46. The number of anilines is 2. The van der Waals surface area contributed by atoms with Crippen LogP contribution in [0.25, 0.3) is 5.69 Å². The van der Waals surface area contributed by atoms with Crippen LogP contribution in [0.3, 0.4) is 0 Å². The van der Waals surface area contributed by atoms with E-state index in [4.69, 9.17) is 19.8 Å². The fraction of sp³-hybridized carbons (Fsp3) is 0.121. The summed E-state index contributed by atoms with van der Waals surface area (Å²) in [5, 5.41) is 29.1. The number of nitrogens with zero attached hydrogens (tertiary/aromatic N) is 5. The van der Waals surface area contributed by atoms with Gasteiger partial charge in [0.15, 0.2) is 29.0 Å². The molecule has 0 bridgehead atoms. The van der Waals surface area contributed by atoms with Crippen molar-refractivity contribution >= 4 is 34.6 Å². The molecular weight excluding hydrogens is 528 g/mol. The standard InChI is InChI=1S/C33H28N6O3/c1-3-42-24-16-14-22(15-17-24)34-31-33-36-32-29(20(2)37-39(32)23-9-5-4-6-10-23)30(21-13-18-27(40)28(41)19-21)38(33)26-12-8-7-11-25(26)35-31/h4-19,30,40-41H,3H2,1-2H3,(H,34,35)/t30-/m0/s1. The maximum Gasteiger partial charge on any atom is 0.179 e. The van der Waals surface area contributed by atoms with Crippen LogP contribution < -0.4 is 15.0 Å². The van der Waals surface area contributed by atoms with Gasteiger partial charge in [-0.25, -0.2) is 14.7 Å². The number of amidine groups is 2. The van der Waals surface area contributed by atoms with Crippen LogP contribution >= 0.6 is 0 Å². The van der Waals surface area contributed by atoms with Crippen LogP contribution in [0.4, 0.5) is 22.9 Å². The molecule has 0 amide bonds. The van der Waals surface area contributed by atoms with E-state index >= 15 is 0 Å². The van der Waals surface area contributed by atoms with Crippen LogP contribution in [0.15, 0.2) is 107 Å². The quantitative estimate of drug-likeness (QED) is 0.206. The van der Waals surface area contributed by atoms with Gasteiger partial charge in [-0.05, 0) is 80.1 Å². The molecule has 2 aliphatic heterocycles. The third-order valence-corrected chi connectivity index (χ3v) is 7.38. The zero-order valence-corrected chi connectivity index (χ0v) is 23.1. The second-order valence-corrected chi connectivity index (χ2v) is 10.1. The van der Waals surface area contributed by atoms with Crippen molar-refractivity contribution in [1.29, 1.82) is 0 Å². The van der Waals surface area contributed by atoms with Crippen molar-refractivity contribution in [3.63, 3.8) is 0 Å². The van der Waals surface area contributed by atoms with Gasteiger partial charge in [0.1, 0.15) is 5.75 Å². The molecule has 42 heavy (non-hydrogen) atoms. The highest BCUT2D eigenvalue weighted by Gasteiger charge is 2.41. The highest BCUT2D eigenvalue weighted by molar-refractivity contribution is 6.51. The number of aromatic hydroxyl groups is 2. The van der Waals surface area contributed by atoms with E-state index < -0.39 is 6.04 Å². The molecule has 5 aromatic rings. The summed E-state index contributed by atoms with van der Waals surface area (Å²) in [6, 6.07) is 30.0. The minimum atomic E-state index is -0.426. The van der Waals surface area contributed by atoms with Crippen molar-refractivity contribution in [2.24, 2.45) is 9.98 Å². The zero-order chi connectivity index (χ0) is 28.8. The Kier molecular flexibility index (Phi) is 6.12. The number of ether oxygens (including phenoxy) is 1. The van der Waals surface area contributed by atoms with E-state index in [1.54, 1.807) is 6.07 Å². The number of fused-ring (bicyclic) bond motifs is 4. The molecule has 9 nitrogen and oxygen atoms in total. The molecule has 1 aromatic heterocycles. The number of aromatic nitrogens is 2. The summed E-state index contributed by atoms with van der Waals surface area (Å²) in [5.41, 5.74) is 5.81. The minimum absolute atomic E-state index is 0.182. The molecule has 0 radical (unpaired) electrons. The largest absolute Gasteiger partial charge is 0.504 e. The molecule has 9 heteroatoms. The van der Waals surface area contributed by atoms with Gasteiger partial charge in [-0.2, -0.15) is 5.10 Å². The molecular formula is C33H28N6O3. The number of aryl methyl sites for hydroxylation is 1. The molecule has 2 aliphatic rings. The van der Waals surface area contributed by atoms with Crippen LogP contribution in [-0.4, -0.2) is 38.3 Å². The van der Waals surface area contributed by atoms with E-state index in [1.165, 1.54) is 6.07 Å². The van der Waals surface area contributed by atoms with Gasteiger partial charge >= 0.3 is 0 Å². The molecule has 0 spiro atoms. The Balaban J connectivity index is 1.46. The predicted molar refractivity (Wildman–Crippen MR) is 164 cm³/mol. The molecule has 1 atom stereocenters. The summed E-state index contributed by atoms with van der Waals surface area (Å²) < 4.78 is 7.47. The smallest absolute Gasteiger partial charge is 0.179 e. The molecule has 0 saturated heterocycles. The van der Waals surface area contributed by atoms with Crippen LogP contribution in [0.1, 0.15) is 29.8 Å². The molecule has 3 heterocycles. The van der Waals surface area contributed by atoms with E-state index in [9.17, 15) is 10.2 Å². The first-order valence-corrected chi connectivity index (χ1v) is 13.7. The second-order valence-electron chi connectivity index (χ2n) is 10.1. The van der Waals surface area contributed by atoms with Crippen LogP contribution in [-0.2, 0) is 0 Å². The van der Waals surface area contributed by atoms with Gasteiger partial charge < -0.3 is 25.2 Å². The number of para-hydroxylation sites is 3. The van der Waals surface area contributed by atoms with E-state index in [2.05, 4.69) is 10.2 Å². The Bertz CT molecular complexity index is 1860. The lowest BCUT2D eigenvalue weighted by Gasteiger charge is -2.40. The van der Waals surface area contributed by atoms with Crippen LogP contribution in [0.2, 0.25) is 0 Å². The Hall–Kier alpha value is -5.57. The summed E-state index contributed by atoms with van der Waals surface area (Å²) in [5.74, 6) is 2.24. The average molecular weight is 557 g/mol. The summed E-state index contributed by atoms with van der Waals surface area (Å²) in [6.45, 7) is 4.51. The Morgan fingerprint density at radius 1 is 0.857 bits per heavy atom. The van der Waals surface area contributed by atoms with Gasteiger partial charge in [-0.1, -0.05) is 36.4 Å². The summed E-state index contributed by atoms with van der Waals surface area (Å²) in [6.07, 6.45) is 0. The normalized spacial score (nSPS) is 15.2. The number of nitrogens with one attached hydrogen (secondary N) is 1. The number of hydrogen-bond donors (Lipinski definition) is 3. The lowest BCUT2D eigenvalue weighted by atomic mass is 9.93. The Morgan fingerprint density at radius 3 is 2.38 bits per heavy atom. The van der Waals surface area contributed by atoms with Crippen LogP contribution in [0.5, 0.6) is 17.2 Å². The molecule has 208 valence electrons. The maximum absolute atomic E-state index is 10.6. The Morgan fingerprint density at radius 2 is 1.62 bits per heavy atom. The van der Waals surface area contributed by atoms with Crippen molar-refractivity contribution < 1.29 is 14.9 Å². The van der Waals surface area contributed by atoms with Gasteiger partial charge in [0.05, 0.1) is 35.4 Å². The first-order chi connectivity index (χ1) is 20.5. The van der Waals surface area contributed by atoms with Crippen molar-refractivity contribution in [3.8, 4) is 22.9 Å². The van der Waals surface area contributed by atoms with E-state index in [-0.39, 0.29) is 11.5 Å². The minimum Gasteiger partial charge on any atom is -0.504 e. The molecule has 4 aromatic carbocycles. The van der Waals surface area contributed by atoms with Crippen molar-refractivity contribution in [2.45, 2.75) is 19.9 Å². The highest BCUT2D eigenvalue weighted by Crippen LogP contribution is 2.49. The molecule has 0 saturated carbocycles. The van der Waals surface area contributed by atoms with Gasteiger partial charge in [-0.15, -0.1) is 0 Å². The molecule has 0 unspecified atom stereocenters.